The molecular formula is C18H15N5S. The largest absolute Gasteiger partial charge is 0.291 e. The van der Waals surface area contributed by atoms with Gasteiger partial charge in [0, 0.05) is 11.4 Å². The van der Waals surface area contributed by atoms with Crippen molar-refractivity contribution in [2.75, 3.05) is 0 Å². The predicted molar refractivity (Wildman–Crippen MR) is 91.1 cm³/mol. The highest BCUT2D eigenvalue weighted by atomic mass is 32.2. The van der Waals surface area contributed by atoms with Crippen LogP contribution in [0.3, 0.4) is 0 Å². The molecule has 1 aliphatic carbocycles. The van der Waals surface area contributed by atoms with E-state index in [9.17, 15) is 0 Å². The maximum absolute atomic E-state index is 8.85. The van der Waals surface area contributed by atoms with Crippen molar-refractivity contribution in [3.63, 3.8) is 0 Å². The number of rotatable bonds is 3. The minimum atomic E-state index is 0.324. The minimum Gasteiger partial charge on any atom is -0.291 e. The summed E-state index contributed by atoms with van der Waals surface area (Å²) >= 11 is 1.49. The van der Waals surface area contributed by atoms with Crippen LogP contribution in [0.4, 0.5) is 0 Å². The maximum Gasteiger partial charge on any atom is 0.179 e. The van der Waals surface area contributed by atoms with Crippen LogP contribution in [0.2, 0.25) is 0 Å². The molecule has 0 atom stereocenters. The highest BCUT2D eigenvalue weighted by Crippen LogP contribution is 2.33. The third-order valence-corrected chi connectivity index (χ3v) is 4.95. The van der Waals surface area contributed by atoms with E-state index in [-0.39, 0.29) is 0 Å². The van der Waals surface area contributed by atoms with Crippen LogP contribution in [-0.2, 0) is 12.8 Å². The molecule has 1 aromatic carbocycles. The van der Waals surface area contributed by atoms with Gasteiger partial charge in [-0.15, -0.1) is 10.2 Å². The summed E-state index contributed by atoms with van der Waals surface area (Å²) in [6.45, 7) is 0. The summed E-state index contributed by atoms with van der Waals surface area (Å²) in [7, 11) is 0. The quantitative estimate of drug-likeness (QED) is 0.733. The molecule has 3 aromatic rings. The molecule has 2 aromatic heterocycles. The smallest absolute Gasteiger partial charge is 0.179 e. The van der Waals surface area contributed by atoms with E-state index in [4.69, 9.17) is 10.2 Å². The number of fused-ring (bicyclic) bond motifs is 1. The van der Waals surface area contributed by atoms with Crippen LogP contribution in [0.25, 0.3) is 5.69 Å². The molecule has 0 saturated heterocycles. The van der Waals surface area contributed by atoms with Gasteiger partial charge in [0.15, 0.2) is 10.9 Å². The Labute approximate surface area is 144 Å². The zero-order valence-corrected chi connectivity index (χ0v) is 13.8. The van der Waals surface area contributed by atoms with Gasteiger partial charge in [-0.05, 0) is 61.7 Å². The Kier molecular flexibility index (Phi) is 4.01. The molecule has 4 rings (SSSR count). The van der Waals surface area contributed by atoms with E-state index in [0.29, 0.717) is 5.69 Å². The lowest BCUT2D eigenvalue weighted by Crippen LogP contribution is -2.07. The molecule has 24 heavy (non-hydrogen) atoms. The first-order valence-corrected chi connectivity index (χ1v) is 8.74. The predicted octanol–water partition coefficient (Wildman–Crippen LogP) is 3.56. The fourth-order valence-corrected chi connectivity index (χ4v) is 3.82. The molecule has 0 radical (unpaired) electrons. The number of imidazole rings is 1. The normalized spacial score (nSPS) is 13.3. The van der Waals surface area contributed by atoms with Gasteiger partial charge in [0.25, 0.3) is 0 Å². The van der Waals surface area contributed by atoms with Crippen molar-refractivity contribution in [2.24, 2.45) is 0 Å². The summed E-state index contributed by atoms with van der Waals surface area (Å²) < 4.78 is 2.24. The standard InChI is InChI=1S/C18H15N5S/c19-12-13-10-11-17(22-21-13)24-18-20-15-8-4-5-9-16(15)23(18)14-6-2-1-3-7-14/h1-3,6-7,10-11H,4-5,8-9H2. The summed E-state index contributed by atoms with van der Waals surface area (Å²) in [4.78, 5) is 4.86. The molecule has 0 unspecified atom stereocenters. The van der Waals surface area contributed by atoms with Crippen molar-refractivity contribution in [3.05, 3.63) is 59.5 Å². The molecule has 0 fully saturated rings. The lowest BCUT2D eigenvalue weighted by atomic mass is 10.0. The second-order valence-corrected chi connectivity index (χ2v) is 6.62. The van der Waals surface area contributed by atoms with Crippen LogP contribution < -0.4 is 0 Å². The van der Waals surface area contributed by atoms with Crippen LogP contribution in [0, 0.1) is 11.3 Å². The van der Waals surface area contributed by atoms with E-state index >= 15 is 0 Å². The number of hydrogen-bond acceptors (Lipinski definition) is 5. The van der Waals surface area contributed by atoms with E-state index in [1.54, 1.807) is 6.07 Å². The molecule has 1 aliphatic rings. The Morgan fingerprint density at radius 1 is 1.00 bits per heavy atom. The van der Waals surface area contributed by atoms with Gasteiger partial charge in [-0.1, -0.05) is 18.2 Å². The molecule has 0 N–H and O–H groups in total. The summed E-state index contributed by atoms with van der Waals surface area (Å²) in [5.41, 5.74) is 3.94. The Balaban J connectivity index is 1.77. The van der Waals surface area contributed by atoms with Crippen molar-refractivity contribution in [1.82, 2.24) is 19.7 Å². The van der Waals surface area contributed by atoms with Gasteiger partial charge in [0.2, 0.25) is 0 Å². The van der Waals surface area contributed by atoms with Crippen LogP contribution >= 0.6 is 11.8 Å². The third-order valence-electron chi connectivity index (χ3n) is 4.07. The second-order valence-electron chi connectivity index (χ2n) is 5.64. The molecule has 118 valence electrons. The monoisotopic (exact) mass is 333 g/mol. The Bertz CT molecular complexity index is 894. The van der Waals surface area contributed by atoms with Gasteiger partial charge in [-0.25, -0.2) is 4.98 Å². The first-order chi connectivity index (χ1) is 11.8. The van der Waals surface area contributed by atoms with Crippen LogP contribution in [-0.4, -0.2) is 19.7 Å². The number of hydrogen-bond donors (Lipinski definition) is 0. The summed E-state index contributed by atoms with van der Waals surface area (Å²) in [5, 5.41) is 18.5. The third kappa shape index (κ3) is 2.79. The molecule has 0 amide bonds. The van der Waals surface area contributed by atoms with E-state index in [1.165, 1.54) is 36.0 Å². The lowest BCUT2D eigenvalue weighted by Gasteiger charge is -2.15. The molecule has 2 heterocycles. The highest BCUT2D eigenvalue weighted by Gasteiger charge is 2.21. The molecule has 0 bridgehead atoms. The number of benzene rings is 1. The fraction of sp³-hybridized carbons (Fsp3) is 0.222. The van der Waals surface area contributed by atoms with Crippen LogP contribution in [0.15, 0.2) is 52.6 Å². The average molecular weight is 333 g/mol. The summed E-state index contributed by atoms with van der Waals surface area (Å²) in [5.74, 6) is 0. The van der Waals surface area contributed by atoms with Gasteiger partial charge in [-0.3, -0.25) is 4.57 Å². The van der Waals surface area contributed by atoms with E-state index in [2.05, 4.69) is 26.9 Å². The van der Waals surface area contributed by atoms with Gasteiger partial charge < -0.3 is 0 Å². The number of nitriles is 1. The topological polar surface area (TPSA) is 67.4 Å². The Morgan fingerprint density at radius 2 is 1.83 bits per heavy atom. The molecule has 5 nitrogen and oxygen atoms in total. The molecule has 0 saturated carbocycles. The number of nitrogens with zero attached hydrogens (tertiary/aromatic N) is 5. The number of para-hydroxylation sites is 1. The van der Waals surface area contributed by atoms with Crippen molar-refractivity contribution in [3.8, 4) is 11.8 Å². The van der Waals surface area contributed by atoms with Crippen molar-refractivity contribution >= 4 is 11.8 Å². The summed E-state index contributed by atoms with van der Waals surface area (Å²) in [6.07, 6.45) is 4.48. The Morgan fingerprint density at radius 3 is 2.58 bits per heavy atom. The zero-order chi connectivity index (χ0) is 16.4. The Hall–Kier alpha value is -2.65. The highest BCUT2D eigenvalue weighted by molar-refractivity contribution is 7.99. The first-order valence-electron chi connectivity index (χ1n) is 7.93. The zero-order valence-electron chi connectivity index (χ0n) is 13.0. The summed E-state index contributed by atoms with van der Waals surface area (Å²) in [6, 6.07) is 15.8. The van der Waals surface area contributed by atoms with Crippen molar-refractivity contribution in [2.45, 2.75) is 35.9 Å². The van der Waals surface area contributed by atoms with Crippen molar-refractivity contribution in [1.29, 1.82) is 5.26 Å². The van der Waals surface area contributed by atoms with Gasteiger partial charge in [0.05, 0.1) is 5.69 Å². The van der Waals surface area contributed by atoms with E-state index < -0.39 is 0 Å². The molecule has 6 heteroatoms. The first kappa shape index (κ1) is 14.9. The van der Waals surface area contributed by atoms with Gasteiger partial charge in [-0.2, -0.15) is 5.26 Å². The van der Waals surface area contributed by atoms with E-state index in [1.807, 2.05) is 30.3 Å². The minimum absolute atomic E-state index is 0.324. The number of aromatic nitrogens is 4. The van der Waals surface area contributed by atoms with Crippen LogP contribution in [0.5, 0.6) is 0 Å². The van der Waals surface area contributed by atoms with Gasteiger partial charge in [0.1, 0.15) is 11.1 Å². The average Bonchev–Trinajstić information content (AvgIpc) is 3.01. The fourth-order valence-electron chi connectivity index (χ4n) is 2.96. The SMILES string of the molecule is N#Cc1ccc(Sc2nc3c(n2-c2ccccc2)CCCC3)nn1. The number of aryl methyl sites for hydroxylation is 1. The molecule has 0 spiro atoms. The molecule has 0 aliphatic heterocycles. The van der Waals surface area contributed by atoms with E-state index in [0.717, 1.165) is 28.7 Å². The van der Waals surface area contributed by atoms with Crippen LogP contribution in [0.1, 0.15) is 29.9 Å². The molecular weight excluding hydrogens is 318 g/mol. The second kappa shape index (κ2) is 6.46. The van der Waals surface area contributed by atoms with Crippen molar-refractivity contribution < 1.29 is 0 Å². The maximum atomic E-state index is 8.85. The lowest BCUT2D eigenvalue weighted by molar-refractivity contribution is 0.654. The van der Waals surface area contributed by atoms with Gasteiger partial charge >= 0.3 is 0 Å².